The Bertz CT molecular complexity index is 1290. The lowest BCUT2D eigenvalue weighted by molar-refractivity contribution is -0.116. The van der Waals surface area contributed by atoms with Crippen molar-refractivity contribution < 1.29 is 27.4 Å². The highest BCUT2D eigenvalue weighted by Gasteiger charge is 2.16. The van der Waals surface area contributed by atoms with Crippen LogP contribution in [0.1, 0.15) is 16.7 Å². The van der Waals surface area contributed by atoms with E-state index in [2.05, 4.69) is 5.32 Å². The Morgan fingerprint density at radius 3 is 2.40 bits per heavy atom. The summed E-state index contributed by atoms with van der Waals surface area (Å²) in [5.74, 6) is 1.12. The fraction of sp³-hybridized carbons (Fsp3) is 0.192. The molecule has 0 heterocycles. The smallest absolute Gasteiger partial charge is 0.244 e. The normalized spacial score (nSPS) is 11.3. The van der Waals surface area contributed by atoms with E-state index in [9.17, 15) is 13.2 Å². The molecule has 3 aromatic carbocycles. The number of rotatable bonds is 11. The number of sulfonamides is 1. The van der Waals surface area contributed by atoms with Crippen LogP contribution in [-0.2, 0) is 27.8 Å². The second-order valence-corrected chi connectivity index (χ2v) is 9.11. The van der Waals surface area contributed by atoms with Crippen molar-refractivity contribution in [3.63, 3.8) is 0 Å². The molecule has 35 heavy (non-hydrogen) atoms. The summed E-state index contributed by atoms with van der Waals surface area (Å²) < 4.78 is 40.4. The van der Waals surface area contributed by atoms with E-state index >= 15 is 0 Å². The molecule has 3 N–H and O–H groups in total. The van der Waals surface area contributed by atoms with Gasteiger partial charge < -0.3 is 19.5 Å². The van der Waals surface area contributed by atoms with Crippen LogP contribution in [0.2, 0.25) is 0 Å². The number of primary sulfonamides is 1. The van der Waals surface area contributed by atoms with E-state index in [0.717, 1.165) is 11.1 Å². The molecular formula is C26H28N2O6S. The zero-order valence-electron chi connectivity index (χ0n) is 19.6. The number of carbonyl (C=O) groups excluding carboxylic acids is 1. The maximum Gasteiger partial charge on any atom is 0.244 e. The molecule has 0 fully saturated rings. The lowest BCUT2D eigenvalue weighted by Crippen LogP contribution is -2.23. The first-order valence-electron chi connectivity index (χ1n) is 10.8. The third-order valence-corrected chi connectivity index (χ3v) is 6.05. The lowest BCUT2D eigenvalue weighted by atomic mass is 10.1. The number of hydrogen-bond donors (Lipinski definition) is 2. The van der Waals surface area contributed by atoms with Crippen LogP contribution in [0.4, 0.5) is 0 Å². The Hall–Kier alpha value is -3.82. The van der Waals surface area contributed by atoms with Gasteiger partial charge in [0.25, 0.3) is 0 Å². The van der Waals surface area contributed by atoms with Crippen molar-refractivity contribution in [3.8, 4) is 17.2 Å². The molecule has 0 bridgehead atoms. The summed E-state index contributed by atoms with van der Waals surface area (Å²) in [4.78, 5) is 12.1. The van der Waals surface area contributed by atoms with Gasteiger partial charge in [0.15, 0.2) is 0 Å². The van der Waals surface area contributed by atoms with E-state index in [1.54, 1.807) is 50.6 Å². The van der Waals surface area contributed by atoms with Crippen molar-refractivity contribution >= 4 is 22.0 Å². The third kappa shape index (κ3) is 7.59. The molecule has 0 atom stereocenters. The van der Waals surface area contributed by atoms with Gasteiger partial charge in [-0.1, -0.05) is 36.4 Å². The molecule has 1 amide bonds. The molecule has 8 nitrogen and oxygen atoms in total. The predicted molar refractivity (Wildman–Crippen MR) is 134 cm³/mol. The van der Waals surface area contributed by atoms with Crippen LogP contribution in [0.3, 0.4) is 0 Å². The SMILES string of the molecule is COc1ccc(C=CC(=O)NCCc2ccc(OCc3ccccc3)c(S(N)(=O)=O)c2)c(OC)c1. The summed E-state index contributed by atoms with van der Waals surface area (Å²) in [5, 5.41) is 8.18. The molecule has 0 spiro atoms. The van der Waals surface area contributed by atoms with Crippen LogP contribution in [0.5, 0.6) is 17.2 Å². The average molecular weight is 497 g/mol. The third-order valence-electron chi connectivity index (χ3n) is 5.12. The molecule has 0 saturated carbocycles. The molecule has 0 aliphatic rings. The largest absolute Gasteiger partial charge is 0.497 e. The maximum atomic E-state index is 12.2. The van der Waals surface area contributed by atoms with Crippen LogP contribution in [0, 0.1) is 0 Å². The van der Waals surface area contributed by atoms with Crippen LogP contribution in [0.25, 0.3) is 6.08 Å². The molecule has 0 saturated heterocycles. The van der Waals surface area contributed by atoms with Crippen molar-refractivity contribution in [1.29, 1.82) is 0 Å². The van der Waals surface area contributed by atoms with Crippen LogP contribution >= 0.6 is 0 Å². The molecule has 0 aromatic heterocycles. The van der Waals surface area contributed by atoms with E-state index in [4.69, 9.17) is 19.3 Å². The van der Waals surface area contributed by atoms with Gasteiger partial charge in [-0.05, 0) is 47.9 Å². The molecule has 3 rings (SSSR count). The van der Waals surface area contributed by atoms with Crippen molar-refractivity contribution in [2.24, 2.45) is 5.14 Å². The minimum atomic E-state index is -4.00. The number of ether oxygens (including phenoxy) is 3. The van der Waals surface area contributed by atoms with Gasteiger partial charge in [0.05, 0.1) is 14.2 Å². The monoisotopic (exact) mass is 496 g/mol. The standard InChI is InChI=1S/C26H28N2O6S/c1-32-22-11-9-21(24(17-22)33-2)10-13-26(29)28-15-14-19-8-12-23(25(16-19)35(27,30)31)34-18-20-6-4-3-5-7-20/h3-13,16-17H,14-15,18H2,1-2H3,(H,28,29)(H2,27,30,31). The molecule has 0 unspecified atom stereocenters. The first-order chi connectivity index (χ1) is 16.8. The second-order valence-electron chi connectivity index (χ2n) is 7.58. The van der Waals surface area contributed by atoms with E-state index in [0.29, 0.717) is 30.0 Å². The Morgan fingerprint density at radius 1 is 0.943 bits per heavy atom. The molecule has 0 radical (unpaired) electrons. The van der Waals surface area contributed by atoms with Gasteiger partial charge in [0.2, 0.25) is 15.9 Å². The van der Waals surface area contributed by atoms with Gasteiger partial charge in [-0.15, -0.1) is 0 Å². The molecule has 184 valence electrons. The van der Waals surface area contributed by atoms with Crippen molar-refractivity contribution in [1.82, 2.24) is 5.32 Å². The highest BCUT2D eigenvalue weighted by Crippen LogP contribution is 2.26. The quantitative estimate of drug-likeness (QED) is 0.394. The van der Waals surface area contributed by atoms with Gasteiger partial charge in [-0.3, -0.25) is 4.79 Å². The van der Waals surface area contributed by atoms with Gasteiger partial charge in [0.1, 0.15) is 28.8 Å². The van der Waals surface area contributed by atoms with E-state index < -0.39 is 10.0 Å². The highest BCUT2D eigenvalue weighted by molar-refractivity contribution is 7.89. The second kappa shape index (κ2) is 12.0. The zero-order valence-corrected chi connectivity index (χ0v) is 20.4. The highest BCUT2D eigenvalue weighted by atomic mass is 32.2. The van der Waals surface area contributed by atoms with E-state index in [1.807, 2.05) is 30.3 Å². The summed E-state index contributed by atoms with van der Waals surface area (Å²) in [6, 6.07) is 19.5. The van der Waals surface area contributed by atoms with Gasteiger partial charge in [-0.2, -0.15) is 0 Å². The zero-order chi connectivity index (χ0) is 25.3. The lowest BCUT2D eigenvalue weighted by Gasteiger charge is -2.12. The number of carbonyl (C=O) groups is 1. The van der Waals surface area contributed by atoms with Crippen LogP contribution in [0.15, 0.2) is 77.7 Å². The summed E-state index contributed by atoms with van der Waals surface area (Å²) in [5.41, 5.74) is 2.33. The Balaban J connectivity index is 1.60. The first-order valence-corrected chi connectivity index (χ1v) is 12.3. The Morgan fingerprint density at radius 2 is 1.71 bits per heavy atom. The summed E-state index contributed by atoms with van der Waals surface area (Å²) >= 11 is 0. The van der Waals surface area contributed by atoms with Gasteiger partial charge in [0, 0.05) is 24.3 Å². The molecular weight excluding hydrogens is 468 g/mol. The number of methoxy groups -OCH3 is 2. The maximum absolute atomic E-state index is 12.2. The number of benzene rings is 3. The number of hydrogen-bond acceptors (Lipinski definition) is 6. The van der Waals surface area contributed by atoms with Crippen LogP contribution in [-0.4, -0.2) is 35.1 Å². The van der Waals surface area contributed by atoms with E-state index in [-0.39, 0.29) is 23.2 Å². The fourth-order valence-corrected chi connectivity index (χ4v) is 4.02. The Kier molecular flexibility index (Phi) is 8.88. The average Bonchev–Trinajstić information content (AvgIpc) is 2.86. The summed E-state index contributed by atoms with van der Waals surface area (Å²) in [6.07, 6.45) is 3.46. The van der Waals surface area contributed by atoms with Crippen LogP contribution < -0.4 is 24.7 Å². The molecule has 9 heteroatoms. The molecule has 0 aliphatic heterocycles. The number of amides is 1. The molecule has 3 aromatic rings. The minimum Gasteiger partial charge on any atom is -0.497 e. The molecule has 0 aliphatic carbocycles. The minimum absolute atomic E-state index is 0.0937. The predicted octanol–water partition coefficient (Wildman–Crippen LogP) is 3.30. The van der Waals surface area contributed by atoms with E-state index in [1.165, 1.54) is 12.1 Å². The van der Waals surface area contributed by atoms with Gasteiger partial charge >= 0.3 is 0 Å². The number of nitrogens with one attached hydrogen (secondary N) is 1. The van der Waals surface area contributed by atoms with Gasteiger partial charge in [-0.25, -0.2) is 13.6 Å². The topological polar surface area (TPSA) is 117 Å². The fourth-order valence-electron chi connectivity index (χ4n) is 3.30. The Labute approximate surface area is 205 Å². The van der Waals surface area contributed by atoms with Crippen molar-refractivity contribution in [2.75, 3.05) is 20.8 Å². The van der Waals surface area contributed by atoms with Crippen molar-refractivity contribution in [2.45, 2.75) is 17.9 Å². The summed E-state index contributed by atoms with van der Waals surface area (Å²) in [7, 11) is -0.891. The van der Waals surface area contributed by atoms with Crippen molar-refractivity contribution in [3.05, 3.63) is 89.5 Å². The summed E-state index contributed by atoms with van der Waals surface area (Å²) in [6.45, 7) is 0.515. The number of nitrogens with two attached hydrogens (primary N) is 1. The first kappa shape index (κ1) is 25.8.